The monoisotopic (exact) mass is 452 g/mol. The lowest BCUT2D eigenvalue weighted by Gasteiger charge is -2.48. The molecule has 0 spiro atoms. The van der Waals surface area contributed by atoms with Gasteiger partial charge in [0.25, 0.3) is 0 Å². The van der Waals surface area contributed by atoms with Crippen LogP contribution >= 0.6 is 24.0 Å². The SMILES string of the molecule is CCCCN(C)C(=NC)NCC1(N2CCOCC2)CCCCC1.I. The molecule has 1 saturated heterocycles. The maximum absolute atomic E-state index is 5.57. The van der Waals surface area contributed by atoms with E-state index in [1.165, 1.54) is 44.9 Å². The average Bonchev–Trinajstić information content (AvgIpc) is 2.62. The van der Waals surface area contributed by atoms with E-state index in [4.69, 9.17) is 4.74 Å². The molecule has 1 N–H and O–H groups in total. The van der Waals surface area contributed by atoms with Crippen LogP contribution in [-0.4, -0.2) is 74.8 Å². The molecule has 0 aromatic carbocycles. The van der Waals surface area contributed by atoms with Crippen LogP contribution in [0.3, 0.4) is 0 Å². The molecular weight excluding hydrogens is 415 g/mol. The van der Waals surface area contributed by atoms with Gasteiger partial charge in [-0.1, -0.05) is 32.6 Å². The normalized spacial score (nSPS) is 21.9. The lowest BCUT2D eigenvalue weighted by atomic mass is 9.80. The minimum atomic E-state index is 0. The number of guanidine groups is 1. The van der Waals surface area contributed by atoms with E-state index in [1.807, 2.05) is 7.05 Å². The van der Waals surface area contributed by atoms with Crippen molar-refractivity contribution in [2.24, 2.45) is 4.99 Å². The summed E-state index contributed by atoms with van der Waals surface area (Å²) in [6.45, 7) is 8.23. The minimum Gasteiger partial charge on any atom is -0.379 e. The molecule has 0 aromatic rings. The van der Waals surface area contributed by atoms with E-state index in [9.17, 15) is 0 Å². The van der Waals surface area contributed by atoms with Gasteiger partial charge in [-0.15, -0.1) is 24.0 Å². The zero-order chi connectivity index (χ0) is 16.5. The number of ether oxygens (including phenoxy) is 1. The second-order valence-corrected chi connectivity index (χ2v) is 7.06. The second kappa shape index (κ2) is 11.5. The number of rotatable bonds is 6. The molecule has 0 bridgehead atoms. The van der Waals surface area contributed by atoms with Gasteiger partial charge in [0, 0.05) is 45.8 Å². The minimum absolute atomic E-state index is 0. The quantitative estimate of drug-likeness (QED) is 0.382. The van der Waals surface area contributed by atoms with Crippen LogP contribution in [0, 0.1) is 0 Å². The highest BCUT2D eigenvalue weighted by molar-refractivity contribution is 14.0. The molecule has 0 radical (unpaired) electrons. The number of hydrogen-bond donors (Lipinski definition) is 1. The largest absolute Gasteiger partial charge is 0.379 e. The molecule has 0 atom stereocenters. The van der Waals surface area contributed by atoms with Crippen LogP contribution in [0.15, 0.2) is 4.99 Å². The number of nitrogens with zero attached hydrogens (tertiary/aromatic N) is 3. The molecular formula is C18H37IN4O. The first-order valence-corrected chi connectivity index (χ1v) is 9.46. The predicted molar refractivity (Wildman–Crippen MR) is 113 cm³/mol. The van der Waals surface area contributed by atoms with E-state index in [1.54, 1.807) is 0 Å². The number of halogens is 1. The lowest BCUT2D eigenvalue weighted by Crippen LogP contribution is -2.60. The van der Waals surface area contributed by atoms with Crippen LogP contribution in [0.5, 0.6) is 0 Å². The molecule has 1 heterocycles. The predicted octanol–water partition coefficient (Wildman–Crippen LogP) is 2.95. The van der Waals surface area contributed by atoms with Gasteiger partial charge in [-0.2, -0.15) is 0 Å². The standard InChI is InChI=1S/C18H36N4O.HI/c1-4-5-11-21(3)17(19-2)20-16-18(9-7-6-8-10-18)22-12-14-23-15-13-22;/h4-16H2,1-3H3,(H,19,20);1H. The molecule has 1 aliphatic heterocycles. The van der Waals surface area contributed by atoms with E-state index >= 15 is 0 Å². The van der Waals surface area contributed by atoms with Gasteiger partial charge >= 0.3 is 0 Å². The van der Waals surface area contributed by atoms with Crippen molar-refractivity contribution < 1.29 is 4.74 Å². The number of unbranched alkanes of at least 4 members (excludes halogenated alkanes) is 1. The van der Waals surface area contributed by atoms with Gasteiger partial charge in [-0.05, 0) is 19.3 Å². The lowest BCUT2D eigenvalue weighted by molar-refractivity contribution is -0.0354. The van der Waals surface area contributed by atoms with Crippen molar-refractivity contribution in [1.29, 1.82) is 0 Å². The Hall–Kier alpha value is -0.0800. The van der Waals surface area contributed by atoms with Crippen molar-refractivity contribution in [2.75, 3.05) is 53.5 Å². The zero-order valence-corrected chi connectivity index (χ0v) is 18.2. The van der Waals surface area contributed by atoms with E-state index in [2.05, 4.69) is 34.1 Å². The van der Waals surface area contributed by atoms with E-state index in [0.29, 0.717) is 5.54 Å². The van der Waals surface area contributed by atoms with Gasteiger partial charge in [0.15, 0.2) is 5.96 Å². The number of morpholine rings is 1. The summed E-state index contributed by atoms with van der Waals surface area (Å²) in [5.74, 6) is 1.04. The van der Waals surface area contributed by atoms with Crippen molar-refractivity contribution in [3.8, 4) is 0 Å². The van der Waals surface area contributed by atoms with Crippen molar-refractivity contribution >= 4 is 29.9 Å². The fourth-order valence-corrected chi connectivity index (χ4v) is 3.98. The van der Waals surface area contributed by atoms with Crippen LogP contribution in [0.1, 0.15) is 51.9 Å². The molecule has 2 aliphatic rings. The van der Waals surface area contributed by atoms with Crippen LogP contribution in [0.25, 0.3) is 0 Å². The summed E-state index contributed by atoms with van der Waals surface area (Å²) in [6.07, 6.45) is 9.13. The second-order valence-electron chi connectivity index (χ2n) is 7.06. The summed E-state index contributed by atoms with van der Waals surface area (Å²) in [5, 5.41) is 3.68. The van der Waals surface area contributed by atoms with Crippen LogP contribution < -0.4 is 5.32 Å². The molecule has 6 heteroatoms. The Morgan fingerprint density at radius 3 is 2.46 bits per heavy atom. The smallest absolute Gasteiger partial charge is 0.193 e. The van der Waals surface area contributed by atoms with Crippen LogP contribution in [0.4, 0.5) is 0 Å². The Bertz CT molecular complexity index is 366. The first-order valence-electron chi connectivity index (χ1n) is 9.46. The summed E-state index contributed by atoms with van der Waals surface area (Å²) in [6, 6.07) is 0. The van der Waals surface area contributed by atoms with Gasteiger partial charge in [-0.3, -0.25) is 9.89 Å². The summed E-state index contributed by atoms with van der Waals surface area (Å²) < 4.78 is 5.57. The van der Waals surface area contributed by atoms with Crippen molar-refractivity contribution in [1.82, 2.24) is 15.1 Å². The summed E-state index contributed by atoms with van der Waals surface area (Å²) in [4.78, 5) is 9.44. The van der Waals surface area contributed by atoms with Gasteiger partial charge in [0.2, 0.25) is 0 Å². The van der Waals surface area contributed by atoms with Crippen molar-refractivity contribution in [2.45, 2.75) is 57.4 Å². The van der Waals surface area contributed by atoms with Gasteiger partial charge < -0.3 is 15.0 Å². The third-order valence-corrected chi connectivity index (χ3v) is 5.46. The molecule has 2 rings (SSSR count). The highest BCUT2D eigenvalue weighted by Crippen LogP contribution is 2.33. The fourth-order valence-electron chi connectivity index (χ4n) is 3.98. The topological polar surface area (TPSA) is 40.1 Å². The molecule has 24 heavy (non-hydrogen) atoms. The third-order valence-electron chi connectivity index (χ3n) is 5.46. The molecule has 1 aliphatic carbocycles. The molecule has 1 saturated carbocycles. The van der Waals surface area contributed by atoms with Crippen LogP contribution in [0.2, 0.25) is 0 Å². The number of nitrogens with one attached hydrogen (secondary N) is 1. The average molecular weight is 452 g/mol. The molecule has 0 aromatic heterocycles. The van der Waals surface area contributed by atoms with Crippen molar-refractivity contribution in [3.05, 3.63) is 0 Å². The highest BCUT2D eigenvalue weighted by atomic mass is 127. The van der Waals surface area contributed by atoms with Gasteiger partial charge in [0.05, 0.1) is 13.2 Å². The molecule has 0 unspecified atom stereocenters. The Kier molecular flexibility index (Phi) is 10.5. The summed E-state index contributed by atoms with van der Waals surface area (Å²) >= 11 is 0. The van der Waals surface area contributed by atoms with E-state index in [-0.39, 0.29) is 24.0 Å². The Morgan fingerprint density at radius 1 is 1.21 bits per heavy atom. The molecule has 5 nitrogen and oxygen atoms in total. The van der Waals surface area contributed by atoms with Crippen LogP contribution in [-0.2, 0) is 4.74 Å². The number of hydrogen-bond acceptors (Lipinski definition) is 3. The highest BCUT2D eigenvalue weighted by Gasteiger charge is 2.38. The molecule has 2 fully saturated rings. The summed E-state index contributed by atoms with van der Waals surface area (Å²) in [7, 11) is 4.04. The first-order chi connectivity index (χ1) is 11.2. The third kappa shape index (κ3) is 6.02. The zero-order valence-electron chi connectivity index (χ0n) is 15.9. The van der Waals surface area contributed by atoms with Crippen molar-refractivity contribution in [3.63, 3.8) is 0 Å². The maximum atomic E-state index is 5.57. The fraction of sp³-hybridized carbons (Fsp3) is 0.944. The van der Waals surface area contributed by atoms with E-state index < -0.39 is 0 Å². The summed E-state index contributed by atoms with van der Waals surface area (Å²) in [5.41, 5.74) is 0.295. The van der Waals surface area contributed by atoms with Gasteiger partial charge in [0.1, 0.15) is 0 Å². The Balaban J connectivity index is 0.00000288. The molecule has 142 valence electrons. The maximum Gasteiger partial charge on any atom is 0.193 e. The number of aliphatic imine (C=N–C) groups is 1. The Labute approximate surface area is 165 Å². The van der Waals surface area contributed by atoms with Gasteiger partial charge in [-0.25, -0.2) is 0 Å². The Morgan fingerprint density at radius 2 is 1.88 bits per heavy atom. The van der Waals surface area contributed by atoms with E-state index in [0.717, 1.165) is 45.4 Å². The molecule has 0 amide bonds. The first kappa shape index (κ1) is 22.0.